The summed E-state index contributed by atoms with van der Waals surface area (Å²) < 4.78 is 38.8. The van der Waals surface area contributed by atoms with Crippen LogP contribution in [-0.2, 0) is 10.0 Å². The van der Waals surface area contributed by atoms with E-state index in [1.165, 1.54) is 25.2 Å². The zero-order valence-electron chi connectivity index (χ0n) is 9.52. The van der Waals surface area contributed by atoms with E-state index in [1.54, 1.807) is 6.92 Å². The summed E-state index contributed by atoms with van der Waals surface area (Å²) in [6, 6.07) is 3.44. The number of nitrogens with two attached hydrogens (primary N) is 1. The summed E-state index contributed by atoms with van der Waals surface area (Å²) in [5, 5.41) is -0.222. The minimum Gasteiger partial charge on any atom is -0.329 e. The van der Waals surface area contributed by atoms with E-state index in [4.69, 9.17) is 17.3 Å². The first-order chi connectivity index (χ1) is 7.82. The van der Waals surface area contributed by atoms with Crippen LogP contribution in [0.1, 0.15) is 6.92 Å². The summed E-state index contributed by atoms with van der Waals surface area (Å²) >= 11 is 5.56. The molecular formula is C10H14ClFN2O2S. The third kappa shape index (κ3) is 2.77. The van der Waals surface area contributed by atoms with Crippen LogP contribution in [0.4, 0.5) is 4.39 Å². The van der Waals surface area contributed by atoms with Gasteiger partial charge in [0.05, 0.1) is 5.02 Å². The average Bonchev–Trinajstić information content (AvgIpc) is 2.30. The van der Waals surface area contributed by atoms with E-state index < -0.39 is 26.8 Å². The van der Waals surface area contributed by atoms with Crippen molar-refractivity contribution >= 4 is 21.6 Å². The Balaban J connectivity index is 3.27. The monoisotopic (exact) mass is 280 g/mol. The van der Waals surface area contributed by atoms with Crippen LogP contribution < -0.4 is 5.73 Å². The highest BCUT2D eigenvalue weighted by Crippen LogP contribution is 2.24. The van der Waals surface area contributed by atoms with Gasteiger partial charge in [0.2, 0.25) is 10.0 Å². The van der Waals surface area contributed by atoms with Gasteiger partial charge in [-0.3, -0.25) is 0 Å². The number of nitrogens with zero attached hydrogens (tertiary/aromatic N) is 1. The topological polar surface area (TPSA) is 63.4 Å². The third-order valence-corrected chi connectivity index (χ3v) is 4.82. The first-order valence-electron chi connectivity index (χ1n) is 4.94. The molecule has 2 N–H and O–H groups in total. The zero-order chi connectivity index (χ0) is 13.2. The van der Waals surface area contributed by atoms with Gasteiger partial charge in [0.25, 0.3) is 0 Å². The molecule has 0 heterocycles. The summed E-state index contributed by atoms with van der Waals surface area (Å²) in [4.78, 5) is -0.437. The van der Waals surface area contributed by atoms with Crippen LogP contribution in [-0.4, -0.2) is 32.4 Å². The van der Waals surface area contributed by atoms with Gasteiger partial charge in [0, 0.05) is 19.6 Å². The molecule has 0 bridgehead atoms. The largest absolute Gasteiger partial charge is 0.329 e. The van der Waals surface area contributed by atoms with E-state index in [-0.39, 0.29) is 11.6 Å². The fourth-order valence-electron chi connectivity index (χ4n) is 1.22. The van der Waals surface area contributed by atoms with Gasteiger partial charge in [0.1, 0.15) is 4.90 Å². The number of halogens is 2. The molecule has 0 amide bonds. The van der Waals surface area contributed by atoms with Crippen molar-refractivity contribution in [3.63, 3.8) is 0 Å². The lowest BCUT2D eigenvalue weighted by Crippen LogP contribution is -2.39. The van der Waals surface area contributed by atoms with Crippen LogP contribution in [0.15, 0.2) is 23.1 Å². The maximum Gasteiger partial charge on any atom is 0.246 e. The predicted molar refractivity (Wildman–Crippen MR) is 64.9 cm³/mol. The Morgan fingerprint density at radius 3 is 2.65 bits per heavy atom. The maximum absolute atomic E-state index is 13.7. The summed E-state index contributed by atoms with van der Waals surface area (Å²) in [5.41, 5.74) is 5.39. The van der Waals surface area contributed by atoms with Gasteiger partial charge in [-0.15, -0.1) is 0 Å². The van der Waals surface area contributed by atoms with Crippen LogP contribution in [0.3, 0.4) is 0 Å². The van der Waals surface area contributed by atoms with E-state index in [1.807, 2.05) is 0 Å². The van der Waals surface area contributed by atoms with Crippen LogP contribution in [0.5, 0.6) is 0 Å². The average molecular weight is 281 g/mol. The molecule has 96 valence electrons. The number of rotatable bonds is 4. The lowest BCUT2D eigenvalue weighted by molar-refractivity contribution is 0.391. The fraction of sp³-hybridized carbons (Fsp3) is 0.400. The maximum atomic E-state index is 13.7. The van der Waals surface area contributed by atoms with Crippen molar-refractivity contribution in [2.75, 3.05) is 13.6 Å². The Morgan fingerprint density at radius 1 is 1.53 bits per heavy atom. The quantitative estimate of drug-likeness (QED) is 0.908. The first kappa shape index (κ1) is 14.4. The Bertz CT molecular complexity index is 507. The molecule has 0 aliphatic heterocycles. The van der Waals surface area contributed by atoms with Gasteiger partial charge in [-0.2, -0.15) is 4.31 Å². The van der Waals surface area contributed by atoms with E-state index >= 15 is 0 Å². The van der Waals surface area contributed by atoms with Crippen molar-refractivity contribution < 1.29 is 12.8 Å². The standard InChI is InChI=1S/C10H14ClFN2O2S/c1-7(6-13)14(2)17(15,16)9-5-3-4-8(11)10(9)12/h3-5,7H,6,13H2,1-2H3. The summed E-state index contributed by atoms with van der Waals surface area (Å²) in [6.07, 6.45) is 0. The van der Waals surface area contributed by atoms with E-state index in [0.717, 1.165) is 4.31 Å². The minimum absolute atomic E-state index is 0.151. The van der Waals surface area contributed by atoms with Crippen molar-refractivity contribution in [3.05, 3.63) is 29.0 Å². The molecule has 17 heavy (non-hydrogen) atoms. The SMILES string of the molecule is CC(CN)N(C)S(=O)(=O)c1cccc(Cl)c1F. The molecule has 1 atom stereocenters. The van der Waals surface area contributed by atoms with Crippen molar-refractivity contribution in [1.29, 1.82) is 0 Å². The Labute approximate surface area is 105 Å². The zero-order valence-corrected chi connectivity index (χ0v) is 11.1. The second-order valence-electron chi connectivity index (χ2n) is 3.66. The smallest absolute Gasteiger partial charge is 0.246 e. The van der Waals surface area contributed by atoms with Crippen LogP contribution in [0, 0.1) is 5.82 Å². The molecule has 0 aliphatic carbocycles. The van der Waals surface area contributed by atoms with Gasteiger partial charge < -0.3 is 5.73 Å². The van der Waals surface area contributed by atoms with Crippen LogP contribution >= 0.6 is 11.6 Å². The molecule has 1 aromatic rings. The lowest BCUT2D eigenvalue weighted by Gasteiger charge is -2.23. The Kier molecular flexibility index (Phi) is 4.48. The molecule has 1 rings (SSSR count). The molecule has 7 heteroatoms. The summed E-state index contributed by atoms with van der Waals surface area (Å²) in [6.45, 7) is 1.79. The molecule has 0 saturated carbocycles. The highest BCUT2D eigenvalue weighted by atomic mass is 35.5. The van der Waals surface area contributed by atoms with Crippen LogP contribution in [0.2, 0.25) is 5.02 Å². The van der Waals surface area contributed by atoms with Crippen molar-refractivity contribution in [2.24, 2.45) is 5.73 Å². The normalized spacial score (nSPS) is 14.0. The van der Waals surface area contributed by atoms with E-state index in [2.05, 4.69) is 0 Å². The molecular weight excluding hydrogens is 267 g/mol. The predicted octanol–water partition coefficient (Wildman–Crippen LogP) is 1.45. The molecule has 1 aromatic carbocycles. The summed E-state index contributed by atoms with van der Waals surface area (Å²) in [7, 11) is -2.56. The Morgan fingerprint density at radius 2 is 2.12 bits per heavy atom. The lowest BCUT2D eigenvalue weighted by atomic mass is 10.3. The second kappa shape index (κ2) is 5.30. The van der Waals surface area contributed by atoms with Crippen LogP contribution in [0.25, 0.3) is 0 Å². The van der Waals surface area contributed by atoms with Gasteiger partial charge in [-0.25, -0.2) is 12.8 Å². The van der Waals surface area contributed by atoms with Crippen molar-refractivity contribution in [1.82, 2.24) is 4.31 Å². The fourth-order valence-corrected chi connectivity index (χ4v) is 2.91. The van der Waals surface area contributed by atoms with Gasteiger partial charge in [-0.1, -0.05) is 17.7 Å². The molecule has 4 nitrogen and oxygen atoms in total. The van der Waals surface area contributed by atoms with Gasteiger partial charge in [-0.05, 0) is 19.1 Å². The van der Waals surface area contributed by atoms with E-state index in [0.29, 0.717) is 0 Å². The molecule has 0 saturated heterocycles. The minimum atomic E-state index is -3.91. The van der Waals surface area contributed by atoms with Crippen molar-refractivity contribution in [2.45, 2.75) is 17.9 Å². The van der Waals surface area contributed by atoms with E-state index in [9.17, 15) is 12.8 Å². The number of hydrogen-bond donors (Lipinski definition) is 1. The highest BCUT2D eigenvalue weighted by Gasteiger charge is 2.28. The second-order valence-corrected chi connectivity index (χ2v) is 6.03. The molecule has 1 unspecified atom stereocenters. The number of likely N-dealkylation sites (N-methyl/N-ethyl adjacent to an activating group) is 1. The Hall–Kier alpha value is -0.690. The number of benzene rings is 1. The highest BCUT2D eigenvalue weighted by molar-refractivity contribution is 7.89. The molecule has 0 fully saturated rings. The molecule has 0 aliphatic rings. The number of hydrogen-bond acceptors (Lipinski definition) is 3. The van der Waals surface area contributed by atoms with Crippen molar-refractivity contribution in [3.8, 4) is 0 Å². The van der Waals surface area contributed by atoms with Gasteiger partial charge in [0.15, 0.2) is 5.82 Å². The van der Waals surface area contributed by atoms with Gasteiger partial charge >= 0.3 is 0 Å². The summed E-state index contributed by atoms with van der Waals surface area (Å²) in [5.74, 6) is -0.940. The number of sulfonamides is 1. The first-order valence-corrected chi connectivity index (χ1v) is 6.76. The third-order valence-electron chi connectivity index (χ3n) is 2.54. The molecule has 0 aromatic heterocycles. The molecule has 0 radical (unpaired) electrons. The molecule has 0 spiro atoms.